The van der Waals surface area contributed by atoms with Crippen molar-refractivity contribution in [3.05, 3.63) is 154 Å². The van der Waals surface area contributed by atoms with E-state index < -0.39 is 32.6 Å². The van der Waals surface area contributed by atoms with E-state index in [0.717, 1.165) is 0 Å². The van der Waals surface area contributed by atoms with Gasteiger partial charge in [0.2, 0.25) is 5.76 Å². The fourth-order valence-corrected chi connectivity index (χ4v) is 5.87. The van der Waals surface area contributed by atoms with Crippen LogP contribution in [0.25, 0.3) is 0 Å². The number of carbonyl (C=O) groups excluding carboxylic acids is 1. The van der Waals surface area contributed by atoms with Crippen LogP contribution in [0.15, 0.2) is 121 Å². The summed E-state index contributed by atoms with van der Waals surface area (Å²) in [6.45, 7) is -1.17. The smallest absolute Gasteiger partial charge is 0.475 e. The number of rotatable bonds is 16. The van der Waals surface area contributed by atoms with Gasteiger partial charge < -0.3 is 19.3 Å². The molecule has 0 saturated carbocycles. The summed E-state index contributed by atoms with van der Waals surface area (Å²) < 4.78 is 48.9. The first kappa shape index (κ1) is 34.1. The van der Waals surface area contributed by atoms with Crippen LogP contribution in [0.4, 0.5) is 0 Å². The van der Waals surface area contributed by atoms with E-state index in [1.165, 1.54) is 0 Å². The minimum absolute atomic E-state index is 0.0667. The lowest BCUT2D eigenvalue weighted by atomic mass is 10.1. The fourth-order valence-electron chi connectivity index (χ4n) is 4.55. The molecule has 1 aliphatic heterocycles. The Kier molecular flexibility index (Phi) is 11.7. The standard InChI is InChI=1S/C36H31N2O9P/c37-19-26-11-15-30(16-12-26)22-42-34-33(46-36(40)35(34)43-23-31-17-13-27(20-38)14-18-31)32(21-39)47-48(41,44-24-28-7-3-1-4-8-28)45-25-29-9-5-2-6-10-29/h1-18,32-33,39H,21-25H2. The Bertz CT molecular complexity index is 1790. The van der Waals surface area contributed by atoms with Gasteiger partial charge in [-0.25, -0.2) is 9.36 Å². The first-order valence-corrected chi connectivity index (χ1v) is 16.3. The second-order valence-corrected chi connectivity index (χ2v) is 12.1. The summed E-state index contributed by atoms with van der Waals surface area (Å²) in [6, 6.07) is 35.2. The lowest BCUT2D eigenvalue weighted by Gasteiger charge is -2.27. The highest BCUT2D eigenvalue weighted by Crippen LogP contribution is 2.53. The van der Waals surface area contributed by atoms with Crippen molar-refractivity contribution in [1.82, 2.24) is 0 Å². The van der Waals surface area contributed by atoms with E-state index in [1.807, 2.05) is 24.3 Å². The number of aliphatic hydroxyl groups is 1. The van der Waals surface area contributed by atoms with E-state index in [0.29, 0.717) is 33.4 Å². The maximum atomic E-state index is 14.1. The van der Waals surface area contributed by atoms with E-state index in [2.05, 4.69) is 0 Å². The third-order valence-corrected chi connectivity index (χ3v) is 8.51. The Labute approximate surface area is 277 Å². The number of carbonyl (C=O) groups is 1. The molecule has 48 heavy (non-hydrogen) atoms. The van der Waals surface area contributed by atoms with Gasteiger partial charge in [0.15, 0.2) is 11.9 Å². The molecule has 0 radical (unpaired) electrons. The number of nitriles is 2. The van der Waals surface area contributed by atoms with Crippen LogP contribution in [0, 0.1) is 22.7 Å². The molecule has 0 bridgehead atoms. The first-order valence-electron chi connectivity index (χ1n) is 14.8. The van der Waals surface area contributed by atoms with E-state index in [1.54, 1.807) is 97.1 Å². The third kappa shape index (κ3) is 9.18. The molecule has 0 aliphatic carbocycles. The quantitative estimate of drug-likeness (QED) is 0.107. The van der Waals surface area contributed by atoms with Crippen LogP contribution in [-0.4, -0.2) is 29.9 Å². The largest absolute Gasteiger partial charge is 0.485 e. The van der Waals surface area contributed by atoms with E-state index >= 15 is 0 Å². The van der Waals surface area contributed by atoms with Gasteiger partial charge in [-0.3, -0.25) is 13.6 Å². The Morgan fingerprint density at radius 2 is 1.15 bits per heavy atom. The number of phosphoric acid groups is 1. The SMILES string of the molecule is N#Cc1ccc(COC2=C(OCc3ccc(C#N)cc3)C(C(CO)OP(=O)(OCc3ccccc3)OCc3ccccc3)OC2=O)cc1. The van der Waals surface area contributed by atoms with Crippen LogP contribution in [0.3, 0.4) is 0 Å². The highest BCUT2D eigenvalue weighted by atomic mass is 31.2. The molecule has 0 saturated heterocycles. The summed E-state index contributed by atoms with van der Waals surface area (Å²) in [5, 5.41) is 28.7. The molecule has 1 N–H and O–H groups in total. The minimum atomic E-state index is -4.43. The van der Waals surface area contributed by atoms with Gasteiger partial charge in [0.25, 0.3) is 0 Å². The van der Waals surface area contributed by atoms with E-state index in [9.17, 15) is 14.5 Å². The predicted molar refractivity (Wildman–Crippen MR) is 171 cm³/mol. The van der Waals surface area contributed by atoms with Crippen LogP contribution in [0.5, 0.6) is 0 Å². The molecule has 4 aromatic carbocycles. The Hall–Kier alpha value is -5.26. The molecule has 5 rings (SSSR count). The predicted octanol–water partition coefficient (Wildman–Crippen LogP) is 6.22. The first-order chi connectivity index (χ1) is 23.4. The lowest BCUT2D eigenvalue weighted by Crippen LogP contribution is -2.35. The van der Waals surface area contributed by atoms with Crippen molar-refractivity contribution < 1.29 is 42.2 Å². The third-order valence-electron chi connectivity index (χ3n) is 7.09. The number of benzene rings is 4. The molecule has 0 spiro atoms. The van der Waals surface area contributed by atoms with Crippen molar-refractivity contribution >= 4 is 13.8 Å². The molecule has 12 heteroatoms. The number of hydrogen-bond acceptors (Lipinski definition) is 11. The van der Waals surface area contributed by atoms with Gasteiger partial charge >= 0.3 is 13.8 Å². The van der Waals surface area contributed by atoms with Crippen molar-refractivity contribution in [3.8, 4) is 12.1 Å². The van der Waals surface area contributed by atoms with Crippen molar-refractivity contribution in [2.45, 2.75) is 38.6 Å². The maximum absolute atomic E-state index is 14.1. The van der Waals surface area contributed by atoms with E-state index in [4.69, 9.17) is 38.3 Å². The Morgan fingerprint density at radius 3 is 1.60 bits per heavy atom. The molecule has 2 atom stereocenters. The summed E-state index contributed by atoms with van der Waals surface area (Å²) in [5.41, 5.74) is 3.63. The zero-order chi connectivity index (χ0) is 33.8. The van der Waals surface area contributed by atoms with Crippen LogP contribution in [-0.2, 0) is 63.6 Å². The molecular formula is C36H31N2O9P. The number of phosphoric ester groups is 1. The van der Waals surface area contributed by atoms with Crippen LogP contribution in [0.1, 0.15) is 33.4 Å². The van der Waals surface area contributed by atoms with Gasteiger partial charge in [-0.05, 0) is 46.5 Å². The average molecular weight is 667 g/mol. The van der Waals surface area contributed by atoms with Crippen molar-refractivity contribution in [2.24, 2.45) is 0 Å². The second-order valence-electron chi connectivity index (χ2n) is 10.5. The number of esters is 1. The number of hydrogen-bond donors (Lipinski definition) is 1. The molecule has 0 aromatic heterocycles. The highest BCUT2D eigenvalue weighted by Gasteiger charge is 2.46. The molecule has 2 unspecified atom stereocenters. The second kappa shape index (κ2) is 16.5. The van der Waals surface area contributed by atoms with Crippen LogP contribution >= 0.6 is 7.82 Å². The van der Waals surface area contributed by atoms with Crippen molar-refractivity contribution in [3.63, 3.8) is 0 Å². The number of ether oxygens (including phenoxy) is 3. The fraction of sp³-hybridized carbons (Fsp3) is 0.194. The molecule has 4 aromatic rings. The zero-order valence-electron chi connectivity index (χ0n) is 25.6. The summed E-state index contributed by atoms with van der Waals surface area (Å²) in [4.78, 5) is 13.2. The van der Waals surface area contributed by atoms with Gasteiger partial charge in [0.05, 0.1) is 43.1 Å². The summed E-state index contributed by atoms with van der Waals surface area (Å²) in [5.74, 6) is -1.27. The number of aliphatic hydroxyl groups excluding tert-OH is 1. The van der Waals surface area contributed by atoms with Gasteiger partial charge in [-0.1, -0.05) is 84.9 Å². The van der Waals surface area contributed by atoms with Crippen molar-refractivity contribution in [1.29, 1.82) is 10.5 Å². The minimum Gasteiger partial charge on any atom is -0.485 e. The van der Waals surface area contributed by atoms with Gasteiger partial charge in [-0.2, -0.15) is 10.5 Å². The maximum Gasteiger partial charge on any atom is 0.475 e. The van der Waals surface area contributed by atoms with Gasteiger partial charge in [0.1, 0.15) is 19.3 Å². The number of cyclic esters (lactones) is 1. The average Bonchev–Trinajstić information content (AvgIpc) is 3.45. The van der Waals surface area contributed by atoms with Gasteiger partial charge in [0, 0.05) is 0 Å². The number of nitrogens with zero attached hydrogens (tertiary/aromatic N) is 2. The molecular weight excluding hydrogens is 635 g/mol. The molecule has 0 fully saturated rings. The van der Waals surface area contributed by atoms with Crippen molar-refractivity contribution in [2.75, 3.05) is 6.61 Å². The molecule has 1 heterocycles. The monoisotopic (exact) mass is 666 g/mol. The van der Waals surface area contributed by atoms with Gasteiger partial charge in [-0.15, -0.1) is 0 Å². The van der Waals surface area contributed by atoms with Crippen LogP contribution in [0.2, 0.25) is 0 Å². The normalized spacial score (nSPS) is 14.9. The highest BCUT2D eigenvalue weighted by molar-refractivity contribution is 7.48. The summed E-state index contributed by atoms with van der Waals surface area (Å²) in [7, 11) is -4.43. The van der Waals surface area contributed by atoms with E-state index in [-0.39, 0.29) is 37.9 Å². The molecule has 244 valence electrons. The lowest BCUT2D eigenvalue weighted by molar-refractivity contribution is -0.148. The Balaban J connectivity index is 1.40. The Morgan fingerprint density at radius 1 is 0.688 bits per heavy atom. The molecule has 0 amide bonds. The molecule has 11 nitrogen and oxygen atoms in total. The molecule has 1 aliphatic rings. The van der Waals surface area contributed by atoms with Crippen LogP contribution < -0.4 is 0 Å². The zero-order valence-corrected chi connectivity index (χ0v) is 26.5. The topological polar surface area (TPSA) is 157 Å². The summed E-state index contributed by atoms with van der Waals surface area (Å²) in [6.07, 6.45) is -2.86. The summed E-state index contributed by atoms with van der Waals surface area (Å²) >= 11 is 0.